The van der Waals surface area contributed by atoms with Crippen molar-refractivity contribution >= 4 is 10.0 Å². The average molecular weight is 469 g/mol. The van der Waals surface area contributed by atoms with Gasteiger partial charge < -0.3 is 0 Å². The van der Waals surface area contributed by atoms with Gasteiger partial charge in [0.1, 0.15) is 5.82 Å². The van der Waals surface area contributed by atoms with Crippen LogP contribution in [0, 0.1) is 20.8 Å². The van der Waals surface area contributed by atoms with Crippen LogP contribution < -0.4 is 5.69 Å². The predicted molar refractivity (Wildman–Crippen MR) is 129 cm³/mol. The Morgan fingerprint density at radius 3 is 2.18 bits per heavy atom. The second-order valence-corrected chi connectivity index (χ2v) is 10.8. The molecule has 0 bridgehead atoms. The predicted octanol–water partition coefficient (Wildman–Crippen LogP) is 3.61. The highest BCUT2D eigenvalue weighted by molar-refractivity contribution is 7.89. The van der Waals surface area contributed by atoms with Crippen molar-refractivity contribution in [3.05, 3.63) is 81.0 Å². The highest BCUT2D eigenvalue weighted by Gasteiger charge is 2.34. The first-order chi connectivity index (χ1) is 15.7. The van der Waals surface area contributed by atoms with Gasteiger partial charge in [0.2, 0.25) is 10.0 Å². The van der Waals surface area contributed by atoms with Crippen LogP contribution in [-0.4, -0.2) is 40.2 Å². The molecule has 0 atom stereocenters. The van der Waals surface area contributed by atoms with E-state index in [-0.39, 0.29) is 11.6 Å². The number of nitrogens with zero attached hydrogens (tertiary/aromatic N) is 4. The molecule has 0 saturated carbocycles. The Bertz CT molecular complexity index is 1280. The van der Waals surface area contributed by atoms with Crippen molar-refractivity contribution in [1.82, 2.24) is 18.7 Å². The number of aryl methyl sites for hydroxylation is 3. The summed E-state index contributed by atoms with van der Waals surface area (Å²) in [6.07, 6.45) is 1.29. The van der Waals surface area contributed by atoms with Gasteiger partial charge in [-0.3, -0.25) is 4.57 Å². The standard InChI is InChI=1S/C25H32N4O3S/c1-5-28-24(26-29(25(28)30)17-21-9-7-6-8-10-21)22-11-13-27(14-12-22)33(31,32)23-19(3)15-18(2)16-20(23)4/h6-10,15-16,22H,5,11-14,17H2,1-4H3. The van der Waals surface area contributed by atoms with Gasteiger partial charge in [-0.2, -0.15) is 9.40 Å². The minimum atomic E-state index is -3.57. The van der Waals surface area contributed by atoms with E-state index in [9.17, 15) is 13.2 Å². The van der Waals surface area contributed by atoms with Crippen LogP contribution in [-0.2, 0) is 23.1 Å². The molecule has 3 aromatic rings. The molecule has 0 aliphatic carbocycles. The third-order valence-electron chi connectivity index (χ3n) is 6.46. The maximum absolute atomic E-state index is 13.4. The summed E-state index contributed by atoms with van der Waals surface area (Å²) in [5, 5.41) is 4.68. The van der Waals surface area contributed by atoms with Crippen LogP contribution >= 0.6 is 0 Å². The SMILES string of the molecule is CCn1c(C2CCN(S(=O)(=O)c3c(C)cc(C)cc3C)CC2)nn(Cc2ccccc2)c1=O. The number of piperidine rings is 1. The quantitative estimate of drug-likeness (QED) is 0.554. The number of benzene rings is 2. The number of hydrogen-bond acceptors (Lipinski definition) is 4. The molecule has 1 fully saturated rings. The average Bonchev–Trinajstić information content (AvgIpc) is 3.08. The van der Waals surface area contributed by atoms with Gasteiger partial charge in [-0.25, -0.2) is 17.9 Å². The van der Waals surface area contributed by atoms with E-state index < -0.39 is 10.0 Å². The lowest BCUT2D eigenvalue weighted by atomic mass is 9.97. The van der Waals surface area contributed by atoms with Gasteiger partial charge >= 0.3 is 5.69 Å². The summed E-state index contributed by atoms with van der Waals surface area (Å²) in [5.41, 5.74) is 3.54. The van der Waals surface area contributed by atoms with Crippen molar-refractivity contribution in [3.8, 4) is 0 Å². The van der Waals surface area contributed by atoms with E-state index in [0.29, 0.717) is 43.9 Å². The third-order valence-corrected chi connectivity index (χ3v) is 8.67. The summed E-state index contributed by atoms with van der Waals surface area (Å²) in [6.45, 7) is 9.46. The van der Waals surface area contributed by atoms with Gasteiger partial charge in [-0.15, -0.1) is 0 Å². The van der Waals surface area contributed by atoms with Gasteiger partial charge in [-0.05, 0) is 57.2 Å². The van der Waals surface area contributed by atoms with Crippen molar-refractivity contribution in [3.63, 3.8) is 0 Å². The maximum Gasteiger partial charge on any atom is 0.346 e. The summed E-state index contributed by atoms with van der Waals surface area (Å²) < 4.78 is 31.7. The zero-order valence-electron chi connectivity index (χ0n) is 19.8. The fourth-order valence-corrected chi connectivity index (χ4v) is 6.85. The maximum atomic E-state index is 13.4. The Morgan fingerprint density at radius 2 is 1.61 bits per heavy atom. The van der Waals surface area contributed by atoms with Crippen LogP contribution in [0.1, 0.15) is 53.8 Å². The molecular weight excluding hydrogens is 436 g/mol. The minimum absolute atomic E-state index is 0.0568. The molecule has 0 N–H and O–H groups in total. The Kier molecular flexibility index (Phi) is 6.59. The van der Waals surface area contributed by atoms with Crippen LogP contribution in [0.2, 0.25) is 0 Å². The van der Waals surface area contributed by atoms with Crippen LogP contribution in [0.4, 0.5) is 0 Å². The van der Waals surface area contributed by atoms with Crippen LogP contribution in [0.15, 0.2) is 52.2 Å². The normalized spacial score (nSPS) is 15.8. The zero-order chi connectivity index (χ0) is 23.8. The van der Waals surface area contributed by atoms with Gasteiger partial charge in [0.15, 0.2) is 0 Å². The fraction of sp³-hybridized carbons (Fsp3) is 0.440. The van der Waals surface area contributed by atoms with E-state index in [1.54, 1.807) is 8.87 Å². The van der Waals surface area contributed by atoms with Crippen molar-refractivity contribution < 1.29 is 8.42 Å². The molecule has 1 aliphatic heterocycles. The third kappa shape index (κ3) is 4.54. The summed E-state index contributed by atoms with van der Waals surface area (Å²) >= 11 is 0. The Hall–Kier alpha value is -2.71. The van der Waals surface area contributed by atoms with Crippen molar-refractivity contribution in [1.29, 1.82) is 0 Å². The lowest BCUT2D eigenvalue weighted by molar-refractivity contribution is 0.308. The molecule has 0 amide bonds. The van der Waals surface area contributed by atoms with Crippen molar-refractivity contribution in [2.24, 2.45) is 0 Å². The second kappa shape index (κ2) is 9.27. The van der Waals surface area contributed by atoms with Crippen molar-refractivity contribution in [2.75, 3.05) is 13.1 Å². The Balaban J connectivity index is 1.55. The number of rotatable bonds is 6. The summed E-state index contributed by atoms with van der Waals surface area (Å²) in [6, 6.07) is 13.7. The van der Waals surface area contributed by atoms with E-state index in [2.05, 4.69) is 5.10 Å². The van der Waals surface area contributed by atoms with Crippen molar-refractivity contribution in [2.45, 2.75) is 64.4 Å². The van der Waals surface area contributed by atoms with Crippen LogP contribution in [0.5, 0.6) is 0 Å². The molecule has 2 heterocycles. The Labute approximate surface area is 195 Å². The molecule has 1 saturated heterocycles. The first-order valence-electron chi connectivity index (χ1n) is 11.5. The highest BCUT2D eigenvalue weighted by Crippen LogP contribution is 2.32. The number of aromatic nitrogens is 3. The topological polar surface area (TPSA) is 77.2 Å². The molecular formula is C25H32N4O3S. The zero-order valence-corrected chi connectivity index (χ0v) is 20.6. The molecule has 1 aromatic heterocycles. The number of sulfonamides is 1. The van der Waals surface area contributed by atoms with Gasteiger partial charge in [-0.1, -0.05) is 48.0 Å². The molecule has 33 heavy (non-hydrogen) atoms. The van der Waals surface area contributed by atoms with Gasteiger partial charge in [0.05, 0.1) is 11.4 Å². The van der Waals surface area contributed by atoms with E-state index in [4.69, 9.17) is 0 Å². The highest BCUT2D eigenvalue weighted by atomic mass is 32.2. The summed E-state index contributed by atoms with van der Waals surface area (Å²) in [4.78, 5) is 13.4. The molecule has 4 rings (SSSR count). The van der Waals surface area contributed by atoms with E-state index in [1.807, 2.05) is 70.2 Å². The smallest absolute Gasteiger partial charge is 0.279 e. The molecule has 0 radical (unpaired) electrons. The molecule has 176 valence electrons. The van der Waals surface area contributed by atoms with Crippen LogP contribution in [0.25, 0.3) is 0 Å². The lowest BCUT2D eigenvalue weighted by Gasteiger charge is -2.31. The summed E-state index contributed by atoms with van der Waals surface area (Å²) in [7, 11) is -3.57. The van der Waals surface area contributed by atoms with Crippen LogP contribution in [0.3, 0.4) is 0 Å². The molecule has 2 aromatic carbocycles. The molecule has 1 aliphatic rings. The number of hydrogen-bond donors (Lipinski definition) is 0. The van der Waals surface area contributed by atoms with E-state index in [1.165, 1.54) is 4.68 Å². The van der Waals surface area contributed by atoms with E-state index in [0.717, 1.165) is 28.1 Å². The monoisotopic (exact) mass is 468 g/mol. The molecule has 8 heteroatoms. The van der Waals surface area contributed by atoms with Gasteiger partial charge in [0.25, 0.3) is 0 Å². The van der Waals surface area contributed by atoms with Gasteiger partial charge in [0, 0.05) is 25.6 Å². The molecule has 0 unspecified atom stereocenters. The minimum Gasteiger partial charge on any atom is -0.279 e. The largest absolute Gasteiger partial charge is 0.346 e. The Morgan fingerprint density at radius 1 is 1.00 bits per heavy atom. The lowest BCUT2D eigenvalue weighted by Crippen LogP contribution is -2.39. The summed E-state index contributed by atoms with van der Waals surface area (Å²) in [5.74, 6) is 0.819. The first-order valence-corrected chi connectivity index (χ1v) is 13.0. The molecule has 7 nitrogen and oxygen atoms in total. The fourth-order valence-electron chi connectivity index (χ4n) is 4.97. The second-order valence-electron chi connectivity index (χ2n) is 8.93. The first kappa shape index (κ1) is 23.4. The van der Waals surface area contributed by atoms with E-state index >= 15 is 0 Å². The molecule has 0 spiro atoms.